The number of guanidine groups is 1. The second kappa shape index (κ2) is 11.7. The van der Waals surface area contributed by atoms with Crippen LogP contribution in [0.15, 0.2) is 47.5 Å². The molecule has 148 valence electrons. The predicted molar refractivity (Wildman–Crippen MR) is 124 cm³/mol. The number of methoxy groups -OCH3 is 2. The minimum absolute atomic E-state index is 0. The number of nitrogens with two attached hydrogens (primary N) is 1. The van der Waals surface area contributed by atoms with Crippen LogP contribution in [0.1, 0.15) is 25.0 Å². The number of hydrogen-bond donors (Lipinski definition) is 2. The van der Waals surface area contributed by atoms with Crippen LogP contribution in [0.4, 0.5) is 5.69 Å². The molecule has 0 aliphatic heterocycles. The van der Waals surface area contributed by atoms with Crippen molar-refractivity contribution in [1.82, 2.24) is 0 Å². The van der Waals surface area contributed by atoms with Gasteiger partial charge in [0.1, 0.15) is 0 Å². The highest BCUT2D eigenvalue weighted by atomic mass is 127. The van der Waals surface area contributed by atoms with E-state index in [1.54, 1.807) is 14.2 Å². The fourth-order valence-electron chi connectivity index (χ4n) is 2.79. The summed E-state index contributed by atoms with van der Waals surface area (Å²) in [6.45, 7) is 4.94. The topological polar surface area (TPSA) is 68.9 Å². The molecule has 2 rings (SSSR count). The van der Waals surface area contributed by atoms with E-state index in [1.807, 2.05) is 24.3 Å². The zero-order valence-electron chi connectivity index (χ0n) is 16.5. The largest absolute Gasteiger partial charge is 0.493 e. The molecule has 1 unspecified atom stereocenters. The fraction of sp³-hybridized carbons (Fsp3) is 0.381. The normalized spacial score (nSPS) is 12.1. The van der Waals surface area contributed by atoms with Gasteiger partial charge in [-0.3, -0.25) is 4.99 Å². The molecule has 0 radical (unpaired) electrons. The van der Waals surface area contributed by atoms with Crippen LogP contribution >= 0.6 is 24.0 Å². The van der Waals surface area contributed by atoms with Gasteiger partial charge in [0.2, 0.25) is 0 Å². The summed E-state index contributed by atoms with van der Waals surface area (Å²) in [5, 5.41) is 3.16. The molecule has 6 heteroatoms. The summed E-state index contributed by atoms with van der Waals surface area (Å²) in [7, 11) is 3.29. The number of aliphatic imine (C=N–C) groups is 1. The summed E-state index contributed by atoms with van der Waals surface area (Å²) < 4.78 is 10.6. The summed E-state index contributed by atoms with van der Waals surface area (Å²) in [6, 6.07) is 14.2. The highest BCUT2D eigenvalue weighted by molar-refractivity contribution is 14.0. The molecule has 0 aliphatic rings. The quantitative estimate of drug-likeness (QED) is 0.330. The second-order valence-corrected chi connectivity index (χ2v) is 6.40. The number of halogens is 1. The first-order chi connectivity index (χ1) is 12.5. The molecule has 3 N–H and O–H groups in total. The van der Waals surface area contributed by atoms with E-state index in [-0.39, 0.29) is 24.0 Å². The van der Waals surface area contributed by atoms with E-state index in [1.165, 1.54) is 11.1 Å². The van der Waals surface area contributed by atoms with E-state index < -0.39 is 0 Å². The summed E-state index contributed by atoms with van der Waals surface area (Å²) in [5.74, 6) is 2.29. The van der Waals surface area contributed by atoms with Gasteiger partial charge in [-0.1, -0.05) is 32.0 Å². The van der Waals surface area contributed by atoms with Gasteiger partial charge in [0, 0.05) is 12.2 Å². The monoisotopic (exact) mass is 483 g/mol. The van der Waals surface area contributed by atoms with Crippen LogP contribution in [0.5, 0.6) is 11.5 Å². The first kappa shape index (κ1) is 23.1. The minimum atomic E-state index is 0. The number of rotatable bonds is 8. The number of nitrogens with one attached hydrogen (secondary N) is 1. The molecule has 0 aromatic heterocycles. The van der Waals surface area contributed by atoms with Crippen LogP contribution in [-0.4, -0.2) is 26.7 Å². The van der Waals surface area contributed by atoms with Crippen LogP contribution in [0.3, 0.4) is 0 Å². The van der Waals surface area contributed by atoms with E-state index in [2.05, 4.69) is 42.4 Å². The van der Waals surface area contributed by atoms with Crippen molar-refractivity contribution >= 4 is 35.6 Å². The highest BCUT2D eigenvalue weighted by Gasteiger charge is 2.08. The molecule has 0 bridgehead atoms. The molecule has 2 aromatic carbocycles. The van der Waals surface area contributed by atoms with Crippen molar-refractivity contribution in [2.45, 2.75) is 26.7 Å². The van der Waals surface area contributed by atoms with E-state index in [4.69, 9.17) is 15.2 Å². The number of aryl methyl sites for hydroxylation is 1. The predicted octanol–water partition coefficient (Wildman–Crippen LogP) is 4.49. The number of ether oxygens (including phenoxy) is 2. The third-order valence-corrected chi connectivity index (χ3v) is 4.21. The first-order valence-electron chi connectivity index (χ1n) is 8.92. The summed E-state index contributed by atoms with van der Waals surface area (Å²) in [4.78, 5) is 4.47. The van der Waals surface area contributed by atoms with Crippen molar-refractivity contribution in [3.8, 4) is 11.5 Å². The zero-order valence-corrected chi connectivity index (χ0v) is 18.8. The third-order valence-electron chi connectivity index (χ3n) is 4.21. The van der Waals surface area contributed by atoms with Gasteiger partial charge in [-0.15, -0.1) is 24.0 Å². The molecule has 0 amide bonds. The maximum atomic E-state index is 6.02. The molecule has 2 aromatic rings. The van der Waals surface area contributed by atoms with Gasteiger partial charge in [0.15, 0.2) is 17.5 Å². The Labute approximate surface area is 179 Å². The maximum absolute atomic E-state index is 6.02. The average molecular weight is 483 g/mol. The Balaban J connectivity index is 0.00000364. The van der Waals surface area contributed by atoms with Crippen molar-refractivity contribution < 1.29 is 9.47 Å². The minimum Gasteiger partial charge on any atom is -0.493 e. The molecule has 0 spiro atoms. The Bertz CT molecular complexity index is 750. The van der Waals surface area contributed by atoms with Crippen LogP contribution in [0, 0.1) is 5.92 Å². The lowest BCUT2D eigenvalue weighted by Crippen LogP contribution is -2.23. The standard InChI is InChI=1S/C21H29N3O2.HI/c1-5-16-7-6-8-18(12-16)24-21(22)23-14-15(2)11-17-9-10-19(25-3)20(13-17)26-4;/h6-10,12-13,15H,5,11,14H2,1-4H3,(H3,22,23,24);1H. The van der Waals surface area contributed by atoms with Gasteiger partial charge in [-0.25, -0.2) is 0 Å². The van der Waals surface area contributed by atoms with Crippen LogP contribution in [0.25, 0.3) is 0 Å². The Hall–Kier alpha value is -1.96. The Morgan fingerprint density at radius 3 is 2.48 bits per heavy atom. The molecule has 0 fully saturated rings. The van der Waals surface area contributed by atoms with Crippen molar-refractivity contribution in [2.75, 3.05) is 26.1 Å². The number of nitrogens with zero attached hydrogens (tertiary/aromatic N) is 1. The molecule has 1 atom stereocenters. The van der Waals surface area contributed by atoms with Crippen LogP contribution in [-0.2, 0) is 12.8 Å². The van der Waals surface area contributed by atoms with Gasteiger partial charge in [-0.2, -0.15) is 0 Å². The molecule has 0 heterocycles. The zero-order chi connectivity index (χ0) is 18.9. The van der Waals surface area contributed by atoms with Gasteiger partial charge >= 0.3 is 0 Å². The number of anilines is 1. The molecule has 27 heavy (non-hydrogen) atoms. The van der Waals surface area contributed by atoms with Crippen molar-refractivity contribution in [1.29, 1.82) is 0 Å². The summed E-state index contributed by atoms with van der Waals surface area (Å²) >= 11 is 0. The Kier molecular flexibility index (Phi) is 9.99. The lowest BCUT2D eigenvalue weighted by Gasteiger charge is -2.13. The van der Waals surface area contributed by atoms with E-state index in [0.717, 1.165) is 30.0 Å². The van der Waals surface area contributed by atoms with Crippen molar-refractivity contribution in [2.24, 2.45) is 16.6 Å². The third kappa shape index (κ3) is 7.28. The smallest absolute Gasteiger partial charge is 0.193 e. The van der Waals surface area contributed by atoms with E-state index in [0.29, 0.717) is 18.4 Å². The molecular formula is C21H30IN3O2. The van der Waals surface area contributed by atoms with Crippen LogP contribution in [0.2, 0.25) is 0 Å². The SMILES string of the molecule is CCc1cccc(NC(N)=NCC(C)Cc2ccc(OC)c(OC)c2)c1.I. The molecular weight excluding hydrogens is 453 g/mol. The van der Waals surface area contributed by atoms with Gasteiger partial charge in [0.25, 0.3) is 0 Å². The van der Waals surface area contributed by atoms with Gasteiger partial charge in [0.05, 0.1) is 14.2 Å². The molecule has 0 aliphatic carbocycles. The molecule has 0 saturated carbocycles. The fourth-order valence-corrected chi connectivity index (χ4v) is 2.79. The first-order valence-corrected chi connectivity index (χ1v) is 8.92. The van der Waals surface area contributed by atoms with Crippen molar-refractivity contribution in [3.63, 3.8) is 0 Å². The van der Waals surface area contributed by atoms with E-state index in [9.17, 15) is 0 Å². The van der Waals surface area contributed by atoms with Crippen molar-refractivity contribution in [3.05, 3.63) is 53.6 Å². The molecule has 0 saturated heterocycles. The van der Waals surface area contributed by atoms with Gasteiger partial charge < -0.3 is 20.5 Å². The maximum Gasteiger partial charge on any atom is 0.193 e. The summed E-state index contributed by atoms with van der Waals surface area (Å²) in [5.41, 5.74) is 9.45. The molecule has 5 nitrogen and oxygen atoms in total. The van der Waals surface area contributed by atoms with Crippen LogP contribution < -0.4 is 20.5 Å². The van der Waals surface area contributed by atoms with Gasteiger partial charge in [-0.05, 0) is 54.2 Å². The Morgan fingerprint density at radius 1 is 1.07 bits per heavy atom. The lowest BCUT2D eigenvalue weighted by atomic mass is 10.0. The number of hydrogen-bond acceptors (Lipinski definition) is 3. The summed E-state index contributed by atoms with van der Waals surface area (Å²) in [6.07, 6.45) is 1.89. The lowest BCUT2D eigenvalue weighted by molar-refractivity contribution is 0.354. The average Bonchev–Trinajstić information content (AvgIpc) is 2.66. The second-order valence-electron chi connectivity index (χ2n) is 6.40. The number of benzene rings is 2. The Morgan fingerprint density at radius 2 is 1.81 bits per heavy atom. The van der Waals surface area contributed by atoms with E-state index >= 15 is 0 Å². The highest BCUT2D eigenvalue weighted by Crippen LogP contribution is 2.28.